The van der Waals surface area contributed by atoms with Crippen LogP contribution in [0.3, 0.4) is 0 Å². The largest absolute Gasteiger partial charge is 0.481 e. The molecule has 31 heavy (non-hydrogen) atoms. The number of carbonyl (C=O) groups is 1. The van der Waals surface area contributed by atoms with Gasteiger partial charge in [0, 0.05) is 38.2 Å². The molecule has 2 heterocycles. The zero-order chi connectivity index (χ0) is 21.3. The molecule has 3 aromatic rings. The van der Waals surface area contributed by atoms with Crippen molar-refractivity contribution in [2.45, 2.75) is 25.8 Å². The van der Waals surface area contributed by atoms with E-state index in [-0.39, 0.29) is 63.9 Å². The first-order valence-electron chi connectivity index (χ1n) is 9.05. The van der Waals surface area contributed by atoms with E-state index in [4.69, 9.17) is 16.2 Å². The Labute approximate surface area is 198 Å². The molecule has 0 aliphatic carbocycles. The zero-order valence-corrected chi connectivity index (χ0v) is 20.4. The number of aromatic nitrogens is 4. The third kappa shape index (κ3) is 5.13. The highest BCUT2D eigenvalue weighted by atomic mass is 79.9. The number of unbranched alkanes of at least 4 members (excludes halogenated alkanes) is 1. The number of imidazole rings is 1. The number of halogens is 2. The van der Waals surface area contributed by atoms with Crippen LogP contribution in [0.5, 0.6) is 0 Å². The number of fused-ring (bicyclic) bond motifs is 1. The number of rotatable bonds is 7. The monoisotopic (exact) mass is 558 g/mol. The normalized spacial score (nSPS) is 10.4. The van der Waals surface area contributed by atoms with Crippen LogP contribution in [0.25, 0.3) is 22.6 Å². The van der Waals surface area contributed by atoms with Gasteiger partial charge in [-0.25, -0.2) is 9.78 Å². The lowest BCUT2D eigenvalue weighted by Crippen LogP contribution is -2.39. The van der Waals surface area contributed by atoms with E-state index in [0.29, 0.717) is 29.8 Å². The Morgan fingerprint density at radius 2 is 1.71 bits per heavy atom. The van der Waals surface area contributed by atoms with Gasteiger partial charge in [0.05, 0.1) is 0 Å². The minimum atomic E-state index is -0.909. The van der Waals surface area contributed by atoms with Crippen LogP contribution in [-0.2, 0) is 25.4 Å². The van der Waals surface area contributed by atoms with Crippen LogP contribution in [0.4, 0.5) is 0 Å². The summed E-state index contributed by atoms with van der Waals surface area (Å²) in [5.41, 5.74) is 6.38. The van der Waals surface area contributed by atoms with Gasteiger partial charge in [0.2, 0.25) is 0 Å². The molecular weight excluding hydrogens is 536 g/mol. The predicted octanol–water partition coefficient (Wildman–Crippen LogP) is 1.80. The van der Waals surface area contributed by atoms with E-state index in [9.17, 15) is 14.4 Å². The van der Waals surface area contributed by atoms with Crippen molar-refractivity contribution in [3.8, 4) is 11.4 Å². The molecule has 0 saturated carbocycles. The average Bonchev–Trinajstić information content (AvgIpc) is 3.03. The van der Waals surface area contributed by atoms with Gasteiger partial charge in [0.1, 0.15) is 11.7 Å². The van der Waals surface area contributed by atoms with Crippen molar-refractivity contribution in [1.29, 1.82) is 5.41 Å². The van der Waals surface area contributed by atoms with E-state index in [1.54, 1.807) is 42.9 Å². The fourth-order valence-corrected chi connectivity index (χ4v) is 3.24. The number of aryl methyl sites for hydroxylation is 2. The number of carboxylic acids is 1. The van der Waals surface area contributed by atoms with E-state index in [1.807, 2.05) is 0 Å². The summed E-state index contributed by atoms with van der Waals surface area (Å²) >= 11 is 0. The number of amidine groups is 1. The third-order valence-corrected chi connectivity index (χ3v) is 4.84. The summed E-state index contributed by atoms with van der Waals surface area (Å²) in [4.78, 5) is 40.7. The molecule has 3 rings (SSSR count). The van der Waals surface area contributed by atoms with E-state index in [2.05, 4.69) is 4.98 Å². The molecule has 4 N–H and O–H groups in total. The Bertz CT molecular complexity index is 1230. The van der Waals surface area contributed by atoms with Crippen LogP contribution < -0.4 is 17.0 Å². The van der Waals surface area contributed by atoms with Gasteiger partial charge in [-0.2, -0.15) is 0 Å². The maximum atomic E-state index is 13.0. The maximum Gasteiger partial charge on any atom is 0.332 e. The minimum Gasteiger partial charge on any atom is -0.481 e. The molecule has 168 valence electrons. The smallest absolute Gasteiger partial charge is 0.332 e. The Hall–Kier alpha value is -2.73. The number of hydrogen-bond donors (Lipinski definition) is 3. The highest BCUT2D eigenvalue weighted by Gasteiger charge is 2.19. The van der Waals surface area contributed by atoms with Crippen LogP contribution in [0, 0.1) is 5.41 Å². The molecule has 0 bridgehead atoms. The van der Waals surface area contributed by atoms with Crippen molar-refractivity contribution in [1.82, 2.24) is 18.7 Å². The lowest BCUT2D eigenvalue weighted by atomic mass is 10.1. The average molecular weight is 560 g/mol. The van der Waals surface area contributed by atoms with E-state index in [1.165, 1.54) is 4.57 Å². The first-order valence-corrected chi connectivity index (χ1v) is 9.05. The molecule has 1 aromatic carbocycles. The molecule has 0 amide bonds. The predicted molar refractivity (Wildman–Crippen MR) is 129 cm³/mol. The zero-order valence-electron chi connectivity index (χ0n) is 17.0. The van der Waals surface area contributed by atoms with E-state index >= 15 is 0 Å². The number of carboxylic acid groups (broad SMARTS) is 1. The van der Waals surface area contributed by atoms with Crippen molar-refractivity contribution in [2.75, 3.05) is 0 Å². The van der Waals surface area contributed by atoms with Crippen LogP contribution >= 0.6 is 34.0 Å². The molecule has 0 radical (unpaired) electrons. The highest BCUT2D eigenvalue weighted by Crippen LogP contribution is 2.21. The Balaban J connectivity index is 0.00000240. The number of nitrogens with zero attached hydrogens (tertiary/aromatic N) is 4. The number of nitrogen functional groups attached to an aromatic ring is 1. The fourth-order valence-electron chi connectivity index (χ4n) is 3.24. The van der Waals surface area contributed by atoms with Crippen molar-refractivity contribution < 1.29 is 9.90 Å². The number of nitrogens with two attached hydrogens (primary N) is 1. The molecule has 12 heteroatoms. The third-order valence-electron chi connectivity index (χ3n) is 4.84. The van der Waals surface area contributed by atoms with Crippen LogP contribution in [0.15, 0.2) is 33.9 Å². The first kappa shape index (κ1) is 26.3. The van der Waals surface area contributed by atoms with E-state index in [0.717, 1.165) is 4.57 Å². The van der Waals surface area contributed by atoms with Crippen LogP contribution in [0.1, 0.15) is 24.8 Å². The summed E-state index contributed by atoms with van der Waals surface area (Å²) in [5.74, 6) is -0.451. The van der Waals surface area contributed by atoms with Gasteiger partial charge in [-0.1, -0.05) is 24.3 Å². The second kappa shape index (κ2) is 10.5. The standard InChI is InChI=1S/C19H22N6O4.2BrH/c1-23-14-17(22-16(23)12-8-6-11(7-9-12)15(20)21)24(2)19(29)25(18(14)28)10-4-3-5-13(26)27;;/h6-9H,3-5,10H2,1-2H3,(H3,20,21)(H,26,27);2*1H. The Morgan fingerprint density at radius 3 is 2.26 bits per heavy atom. The minimum absolute atomic E-state index is 0. The fraction of sp³-hybridized carbons (Fsp3) is 0.316. The molecule has 2 aromatic heterocycles. The molecule has 0 fully saturated rings. The first-order chi connectivity index (χ1) is 13.7. The Morgan fingerprint density at radius 1 is 1.10 bits per heavy atom. The summed E-state index contributed by atoms with van der Waals surface area (Å²) in [6.45, 7) is 0.141. The van der Waals surface area contributed by atoms with Gasteiger partial charge in [0.15, 0.2) is 11.2 Å². The maximum absolute atomic E-state index is 13.0. The molecule has 0 saturated heterocycles. The van der Waals surface area contributed by atoms with Crippen molar-refractivity contribution in [3.05, 3.63) is 50.7 Å². The summed E-state index contributed by atoms with van der Waals surface area (Å²) in [7, 11) is 3.25. The molecule has 0 unspecified atom stereocenters. The second-order valence-electron chi connectivity index (χ2n) is 6.81. The van der Waals surface area contributed by atoms with Gasteiger partial charge in [0.25, 0.3) is 5.56 Å². The van der Waals surface area contributed by atoms with Gasteiger partial charge >= 0.3 is 11.7 Å². The number of benzene rings is 1. The van der Waals surface area contributed by atoms with E-state index < -0.39 is 17.2 Å². The van der Waals surface area contributed by atoms with Crippen molar-refractivity contribution in [3.63, 3.8) is 0 Å². The molecule has 0 aliphatic rings. The van der Waals surface area contributed by atoms with Crippen molar-refractivity contribution in [2.24, 2.45) is 19.8 Å². The van der Waals surface area contributed by atoms with Crippen LogP contribution in [0.2, 0.25) is 0 Å². The van der Waals surface area contributed by atoms with Crippen molar-refractivity contribution >= 4 is 56.9 Å². The number of aliphatic carboxylic acids is 1. The lowest BCUT2D eigenvalue weighted by Gasteiger charge is -2.08. The van der Waals surface area contributed by atoms with Gasteiger partial charge in [-0.15, -0.1) is 34.0 Å². The van der Waals surface area contributed by atoms with Gasteiger partial charge in [-0.3, -0.25) is 24.1 Å². The summed E-state index contributed by atoms with van der Waals surface area (Å²) in [6.07, 6.45) is 0.774. The second-order valence-corrected chi connectivity index (χ2v) is 6.81. The van der Waals surface area contributed by atoms with Crippen LogP contribution in [-0.4, -0.2) is 35.6 Å². The summed E-state index contributed by atoms with van der Waals surface area (Å²) in [5, 5.41) is 16.2. The molecule has 0 aliphatic heterocycles. The summed E-state index contributed by atoms with van der Waals surface area (Å²) in [6, 6.07) is 6.88. The number of hydrogen-bond acceptors (Lipinski definition) is 5. The topological polar surface area (TPSA) is 149 Å². The molecule has 10 nitrogen and oxygen atoms in total. The SMILES string of the molecule is Br.Br.Cn1c(-c2ccc(C(=N)N)cc2)nc2c1c(=O)n(CCCCC(=O)O)c(=O)n2C. The molecular formula is C19H24Br2N6O4. The molecule has 0 atom stereocenters. The lowest BCUT2D eigenvalue weighted by molar-refractivity contribution is -0.137. The quantitative estimate of drug-likeness (QED) is 0.228. The molecule has 0 spiro atoms. The van der Waals surface area contributed by atoms with Gasteiger partial charge < -0.3 is 15.4 Å². The Kier molecular flexibility index (Phi) is 8.94. The summed E-state index contributed by atoms with van der Waals surface area (Å²) < 4.78 is 4.07. The highest BCUT2D eigenvalue weighted by molar-refractivity contribution is 8.93. The number of nitrogens with one attached hydrogen (secondary N) is 1. The van der Waals surface area contributed by atoms with Gasteiger partial charge in [-0.05, 0) is 12.8 Å².